The SMILES string of the molecule is CCOc1ccc(C2CCS2)cc1. The van der Waals surface area contributed by atoms with Crippen LogP contribution in [-0.4, -0.2) is 12.4 Å². The standard InChI is InChI=1S/C11H14OS/c1-2-12-10-5-3-9(4-6-10)11-7-8-13-11/h3-6,11H,2,7-8H2,1H3. The molecule has 70 valence electrons. The van der Waals surface area contributed by atoms with Crippen LogP contribution >= 0.6 is 11.8 Å². The summed E-state index contributed by atoms with van der Waals surface area (Å²) in [5, 5.41) is 0.746. The zero-order valence-corrected chi connectivity index (χ0v) is 8.64. The summed E-state index contributed by atoms with van der Waals surface area (Å²) >= 11 is 2.04. The Labute approximate surface area is 83.5 Å². The first-order valence-corrected chi connectivity index (χ1v) is 5.79. The van der Waals surface area contributed by atoms with Crippen molar-refractivity contribution >= 4 is 11.8 Å². The molecule has 2 rings (SSSR count). The van der Waals surface area contributed by atoms with Gasteiger partial charge in [-0.05, 0) is 36.8 Å². The zero-order chi connectivity index (χ0) is 9.10. The van der Waals surface area contributed by atoms with Gasteiger partial charge in [-0.3, -0.25) is 0 Å². The van der Waals surface area contributed by atoms with E-state index in [0.717, 1.165) is 17.6 Å². The topological polar surface area (TPSA) is 9.23 Å². The van der Waals surface area contributed by atoms with Gasteiger partial charge in [-0.25, -0.2) is 0 Å². The van der Waals surface area contributed by atoms with Crippen LogP contribution in [0.25, 0.3) is 0 Å². The number of thioether (sulfide) groups is 1. The first-order valence-electron chi connectivity index (χ1n) is 4.74. The third kappa shape index (κ3) is 1.99. The molecule has 1 fully saturated rings. The fourth-order valence-electron chi connectivity index (χ4n) is 1.44. The molecule has 0 aromatic heterocycles. The fourth-order valence-corrected chi connectivity index (χ4v) is 2.26. The maximum absolute atomic E-state index is 5.39. The Morgan fingerprint density at radius 3 is 2.54 bits per heavy atom. The highest BCUT2D eigenvalue weighted by Crippen LogP contribution is 2.42. The van der Waals surface area contributed by atoms with E-state index in [0.29, 0.717) is 0 Å². The van der Waals surface area contributed by atoms with Crippen molar-refractivity contribution in [3.63, 3.8) is 0 Å². The van der Waals surface area contributed by atoms with Gasteiger partial charge in [-0.1, -0.05) is 12.1 Å². The van der Waals surface area contributed by atoms with Crippen LogP contribution in [0, 0.1) is 0 Å². The molecular formula is C11H14OS. The van der Waals surface area contributed by atoms with Crippen LogP contribution in [0.5, 0.6) is 5.75 Å². The lowest BCUT2D eigenvalue weighted by Gasteiger charge is -2.25. The van der Waals surface area contributed by atoms with Gasteiger partial charge in [-0.2, -0.15) is 11.8 Å². The predicted octanol–water partition coefficient (Wildman–Crippen LogP) is 3.26. The summed E-state index contributed by atoms with van der Waals surface area (Å²) < 4.78 is 5.39. The largest absolute Gasteiger partial charge is 0.494 e. The van der Waals surface area contributed by atoms with E-state index in [-0.39, 0.29) is 0 Å². The lowest BCUT2D eigenvalue weighted by molar-refractivity contribution is 0.340. The van der Waals surface area contributed by atoms with Crippen LogP contribution < -0.4 is 4.74 Å². The van der Waals surface area contributed by atoms with E-state index >= 15 is 0 Å². The van der Waals surface area contributed by atoms with Crippen molar-refractivity contribution < 1.29 is 4.74 Å². The molecule has 1 aromatic carbocycles. The summed E-state index contributed by atoms with van der Waals surface area (Å²) in [5.74, 6) is 2.30. The van der Waals surface area contributed by atoms with Crippen LogP contribution in [0.3, 0.4) is 0 Å². The second-order valence-corrected chi connectivity index (χ2v) is 4.46. The molecule has 2 heteroatoms. The van der Waals surface area contributed by atoms with Crippen LogP contribution in [-0.2, 0) is 0 Å². The Morgan fingerprint density at radius 2 is 2.08 bits per heavy atom. The smallest absolute Gasteiger partial charge is 0.119 e. The van der Waals surface area contributed by atoms with Crippen molar-refractivity contribution in [3.05, 3.63) is 29.8 Å². The minimum Gasteiger partial charge on any atom is -0.494 e. The van der Waals surface area contributed by atoms with E-state index < -0.39 is 0 Å². The van der Waals surface area contributed by atoms with Gasteiger partial charge in [0.2, 0.25) is 0 Å². The normalized spacial score (nSPS) is 20.8. The van der Waals surface area contributed by atoms with E-state index in [1.54, 1.807) is 0 Å². The first kappa shape index (κ1) is 8.95. The van der Waals surface area contributed by atoms with Crippen LogP contribution in [0.2, 0.25) is 0 Å². The van der Waals surface area contributed by atoms with E-state index in [1.165, 1.54) is 17.7 Å². The van der Waals surface area contributed by atoms with Gasteiger partial charge in [0, 0.05) is 5.25 Å². The number of benzene rings is 1. The van der Waals surface area contributed by atoms with Crippen molar-refractivity contribution in [1.82, 2.24) is 0 Å². The summed E-state index contributed by atoms with van der Waals surface area (Å²) in [6.45, 7) is 2.76. The van der Waals surface area contributed by atoms with Gasteiger partial charge in [-0.15, -0.1) is 0 Å². The molecule has 1 aromatic rings. The molecule has 0 saturated carbocycles. The lowest BCUT2D eigenvalue weighted by Crippen LogP contribution is -2.06. The number of rotatable bonds is 3. The van der Waals surface area contributed by atoms with Gasteiger partial charge < -0.3 is 4.74 Å². The van der Waals surface area contributed by atoms with E-state index in [2.05, 4.69) is 24.3 Å². The average molecular weight is 194 g/mol. The summed E-state index contributed by atoms with van der Waals surface area (Å²) in [5.41, 5.74) is 1.44. The summed E-state index contributed by atoms with van der Waals surface area (Å²) in [7, 11) is 0. The van der Waals surface area contributed by atoms with Crippen LogP contribution in [0.15, 0.2) is 24.3 Å². The molecule has 1 saturated heterocycles. The molecule has 0 aliphatic carbocycles. The molecule has 1 heterocycles. The van der Waals surface area contributed by atoms with Gasteiger partial charge in [0.15, 0.2) is 0 Å². The van der Waals surface area contributed by atoms with E-state index in [9.17, 15) is 0 Å². The highest BCUT2D eigenvalue weighted by Gasteiger charge is 2.19. The summed E-state index contributed by atoms with van der Waals surface area (Å²) in [4.78, 5) is 0. The molecular weight excluding hydrogens is 180 g/mol. The molecule has 1 unspecified atom stereocenters. The molecule has 1 aliphatic rings. The van der Waals surface area contributed by atoms with Gasteiger partial charge in [0.1, 0.15) is 5.75 Å². The second-order valence-electron chi connectivity index (χ2n) is 3.15. The molecule has 1 nitrogen and oxygen atoms in total. The highest BCUT2D eigenvalue weighted by molar-refractivity contribution is 8.00. The average Bonchev–Trinajstić information content (AvgIpc) is 2.06. The maximum atomic E-state index is 5.39. The Hall–Kier alpha value is -0.630. The highest BCUT2D eigenvalue weighted by atomic mass is 32.2. The predicted molar refractivity (Wildman–Crippen MR) is 57.4 cm³/mol. The minimum atomic E-state index is 0.746. The number of hydrogen-bond acceptors (Lipinski definition) is 2. The van der Waals surface area contributed by atoms with Crippen LogP contribution in [0.1, 0.15) is 24.2 Å². The van der Waals surface area contributed by atoms with Crippen LogP contribution in [0.4, 0.5) is 0 Å². The van der Waals surface area contributed by atoms with E-state index in [4.69, 9.17) is 4.74 Å². The van der Waals surface area contributed by atoms with Crippen molar-refractivity contribution in [2.75, 3.05) is 12.4 Å². The molecule has 13 heavy (non-hydrogen) atoms. The quantitative estimate of drug-likeness (QED) is 0.730. The minimum absolute atomic E-state index is 0.746. The van der Waals surface area contributed by atoms with E-state index in [1.807, 2.05) is 18.7 Å². The molecule has 0 bridgehead atoms. The van der Waals surface area contributed by atoms with Gasteiger partial charge >= 0.3 is 0 Å². The third-order valence-electron chi connectivity index (χ3n) is 2.26. The second kappa shape index (κ2) is 4.05. The fraction of sp³-hybridized carbons (Fsp3) is 0.455. The number of ether oxygens (including phenoxy) is 1. The Morgan fingerprint density at radius 1 is 1.38 bits per heavy atom. The molecule has 0 amide bonds. The third-order valence-corrected chi connectivity index (χ3v) is 3.64. The lowest BCUT2D eigenvalue weighted by atomic mass is 10.1. The Bertz CT molecular complexity index is 264. The van der Waals surface area contributed by atoms with Gasteiger partial charge in [0.25, 0.3) is 0 Å². The van der Waals surface area contributed by atoms with Crippen molar-refractivity contribution in [2.45, 2.75) is 18.6 Å². The Kier molecular flexibility index (Phi) is 2.79. The van der Waals surface area contributed by atoms with Gasteiger partial charge in [0.05, 0.1) is 6.61 Å². The molecule has 0 N–H and O–H groups in total. The maximum Gasteiger partial charge on any atom is 0.119 e. The molecule has 1 aliphatic heterocycles. The van der Waals surface area contributed by atoms with Crippen molar-refractivity contribution in [2.24, 2.45) is 0 Å². The number of hydrogen-bond donors (Lipinski definition) is 0. The molecule has 1 atom stereocenters. The van der Waals surface area contributed by atoms with Crippen molar-refractivity contribution in [3.8, 4) is 5.75 Å². The molecule has 0 radical (unpaired) electrons. The summed E-state index contributed by atoms with van der Waals surface area (Å²) in [6.07, 6.45) is 1.33. The van der Waals surface area contributed by atoms with Crippen molar-refractivity contribution in [1.29, 1.82) is 0 Å². The molecule has 0 spiro atoms. The monoisotopic (exact) mass is 194 g/mol. The first-order chi connectivity index (χ1) is 6.40. The summed E-state index contributed by atoms with van der Waals surface area (Å²) in [6, 6.07) is 8.50. The Balaban J connectivity index is 2.04. The zero-order valence-electron chi connectivity index (χ0n) is 7.82.